The van der Waals surface area contributed by atoms with Gasteiger partial charge in [0.2, 0.25) is 0 Å². The van der Waals surface area contributed by atoms with Crippen molar-refractivity contribution in [2.24, 2.45) is 5.73 Å². The van der Waals surface area contributed by atoms with Crippen molar-refractivity contribution in [2.45, 2.75) is 13.3 Å². The maximum atomic E-state index is 5.57. The molecule has 0 amide bonds. The molecule has 1 heterocycles. The molecule has 1 aromatic heterocycles. The van der Waals surface area contributed by atoms with Crippen LogP contribution in [0.2, 0.25) is 0 Å². The second kappa shape index (κ2) is 4.28. The van der Waals surface area contributed by atoms with Gasteiger partial charge in [0.25, 0.3) is 0 Å². The smallest absolute Gasteiger partial charge is 0.103 e. The van der Waals surface area contributed by atoms with E-state index >= 15 is 0 Å². The minimum atomic E-state index is 0.640. The fourth-order valence-electron chi connectivity index (χ4n) is 1.70. The molecule has 1 aromatic carbocycles. The Morgan fingerprint density at radius 2 is 2.00 bits per heavy atom. The van der Waals surface area contributed by atoms with Crippen LogP contribution in [-0.2, 0) is 6.42 Å². The van der Waals surface area contributed by atoms with Crippen LogP contribution in [0, 0.1) is 6.92 Å². The molecule has 0 aliphatic heterocycles. The molecular weight excluding hydrogens is 186 g/mol. The van der Waals surface area contributed by atoms with E-state index in [9.17, 15) is 0 Å². The molecule has 0 saturated heterocycles. The SMILES string of the molecule is Cc1nc(-c2ccccc2)c(CCN)[nH]1. The molecule has 0 atom stereocenters. The van der Waals surface area contributed by atoms with Gasteiger partial charge in [-0.1, -0.05) is 30.3 Å². The average Bonchev–Trinajstić information content (AvgIpc) is 2.62. The molecule has 0 fully saturated rings. The number of aryl methyl sites for hydroxylation is 1. The number of nitrogens with zero attached hydrogens (tertiary/aromatic N) is 1. The van der Waals surface area contributed by atoms with Crippen molar-refractivity contribution in [3.63, 3.8) is 0 Å². The van der Waals surface area contributed by atoms with Crippen molar-refractivity contribution >= 4 is 0 Å². The minimum Gasteiger partial charge on any atom is -0.346 e. The van der Waals surface area contributed by atoms with E-state index in [2.05, 4.69) is 22.1 Å². The summed E-state index contributed by atoms with van der Waals surface area (Å²) in [6.07, 6.45) is 0.838. The standard InChI is InChI=1S/C12H15N3/c1-9-14-11(7-8-13)12(15-9)10-5-3-2-4-6-10/h2-6H,7-8,13H2,1H3,(H,14,15). The van der Waals surface area contributed by atoms with E-state index in [0.717, 1.165) is 29.2 Å². The molecule has 0 aliphatic carbocycles. The maximum absolute atomic E-state index is 5.57. The third kappa shape index (κ3) is 2.07. The highest BCUT2D eigenvalue weighted by molar-refractivity contribution is 5.62. The number of aromatic amines is 1. The number of nitrogens with one attached hydrogen (secondary N) is 1. The zero-order valence-electron chi connectivity index (χ0n) is 8.83. The molecule has 0 bridgehead atoms. The summed E-state index contributed by atoms with van der Waals surface area (Å²) < 4.78 is 0. The first-order valence-electron chi connectivity index (χ1n) is 5.12. The van der Waals surface area contributed by atoms with E-state index in [-0.39, 0.29) is 0 Å². The predicted molar refractivity (Wildman–Crippen MR) is 61.5 cm³/mol. The fourth-order valence-corrected chi connectivity index (χ4v) is 1.70. The summed E-state index contributed by atoms with van der Waals surface area (Å²) in [6.45, 7) is 2.61. The summed E-state index contributed by atoms with van der Waals surface area (Å²) in [5.41, 5.74) is 8.87. The Bertz CT molecular complexity index is 431. The Morgan fingerprint density at radius 1 is 1.27 bits per heavy atom. The highest BCUT2D eigenvalue weighted by Crippen LogP contribution is 2.21. The number of benzene rings is 1. The number of aromatic nitrogens is 2. The summed E-state index contributed by atoms with van der Waals surface area (Å²) in [5.74, 6) is 0.942. The monoisotopic (exact) mass is 201 g/mol. The van der Waals surface area contributed by atoms with Gasteiger partial charge >= 0.3 is 0 Å². The first-order chi connectivity index (χ1) is 7.31. The lowest BCUT2D eigenvalue weighted by atomic mass is 10.1. The van der Waals surface area contributed by atoms with E-state index in [0.29, 0.717) is 6.54 Å². The number of rotatable bonds is 3. The molecule has 2 rings (SSSR count). The molecule has 15 heavy (non-hydrogen) atoms. The van der Waals surface area contributed by atoms with E-state index in [4.69, 9.17) is 5.73 Å². The zero-order valence-corrected chi connectivity index (χ0v) is 8.83. The van der Waals surface area contributed by atoms with Gasteiger partial charge in [-0.2, -0.15) is 0 Å². The van der Waals surface area contributed by atoms with Crippen molar-refractivity contribution < 1.29 is 0 Å². The second-order valence-electron chi connectivity index (χ2n) is 3.55. The summed E-state index contributed by atoms with van der Waals surface area (Å²) in [5, 5.41) is 0. The van der Waals surface area contributed by atoms with Crippen LogP contribution in [0.3, 0.4) is 0 Å². The quantitative estimate of drug-likeness (QED) is 0.796. The van der Waals surface area contributed by atoms with Gasteiger partial charge in [0.15, 0.2) is 0 Å². The Labute approximate surface area is 89.4 Å². The molecule has 0 aliphatic rings. The van der Waals surface area contributed by atoms with Crippen LogP contribution >= 0.6 is 0 Å². The van der Waals surface area contributed by atoms with Gasteiger partial charge in [0.1, 0.15) is 5.82 Å². The van der Waals surface area contributed by atoms with Gasteiger partial charge in [-0.3, -0.25) is 0 Å². The lowest BCUT2D eigenvalue weighted by Crippen LogP contribution is -2.04. The molecule has 78 valence electrons. The van der Waals surface area contributed by atoms with Crippen LogP contribution < -0.4 is 5.73 Å². The number of hydrogen-bond acceptors (Lipinski definition) is 2. The number of imidazole rings is 1. The average molecular weight is 201 g/mol. The van der Waals surface area contributed by atoms with Crippen LogP contribution in [0.15, 0.2) is 30.3 Å². The molecular formula is C12H15N3. The van der Waals surface area contributed by atoms with Gasteiger partial charge in [-0.05, 0) is 13.5 Å². The first kappa shape index (κ1) is 9.93. The molecule has 2 aromatic rings. The minimum absolute atomic E-state index is 0.640. The number of hydrogen-bond donors (Lipinski definition) is 2. The van der Waals surface area contributed by atoms with E-state index in [1.165, 1.54) is 0 Å². The lowest BCUT2D eigenvalue weighted by Gasteiger charge is -2.00. The maximum Gasteiger partial charge on any atom is 0.103 e. The van der Waals surface area contributed by atoms with Crippen LogP contribution in [0.4, 0.5) is 0 Å². The number of H-pyrrole nitrogens is 1. The van der Waals surface area contributed by atoms with Crippen LogP contribution in [0.25, 0.3) is 11.3 Å². The largest absolute Gasteiger partial charge is 0.346 e. The van der Waals surface area contributed by atoms with Crippen molar-refractivity contribution in [3.8, 4) is 11.3 Å². The third-order valence-electron chi connectivity index (χ3n) is 2.34. The molecule has 0 unspecified atom stereocenters. The van der Waals surface area contributed by atoms with Crippen molar-refractivity contribution in [3.05, 3.63) is 41.9 Å². The van der Waals surface area contributed by atoms with Gasteiger partial charge in [0, 0.05) is 17.7 Å². The lowest BCUT2D eigenvalue weighted by molar-refractivity contribution is 0.930. The van der Waals surface area contributed by atoms with E-state index < -0.39 is 0 Å². The number of nitrogens with two attached hydrogens (primary N) is 1. The third-order valence-corrected chi connectivity index (χ3v) is 2.34. The highest BCUT2D eigenvalue weighted by atomic mass is 14.9. The van der Waals surface area contributed by atoms with Gasteiger partial charge < -0.3 is 10.7 Å². The first-order valence-corrected chi connectivity index (χ1v) is 5.12. The van der Waals surface area contributed by atoms with Gasteiger partial charge in [-0.25, -0.2) is 4.98 Å². The summed E-state index contributed by atoms with van der Waals surface area (Å²) in [7, 11) is 0. The molecule has 0 spiro atoms. The Kier molecular flexibility index (Phi) is 2.83. The summed E-state index contributed by atoms with van der Waals surface area (Å²) in [4.78, 5) is 7.74. The fraction of sp³-hybridized carbons (Fsp3) is 0.250. The van der Waals surface area contributed by atoms with Gasteiger partial charge in [-0.15, -0.1) is 0 Å². The normalized spacial score (nSPS) is 10.5. The van der Waals surface area contributed by atoms with Crippen LogP contribution in [0.1, 0.15) is 11.5 Å². The van der Waals surface area contributed by atoms with Crippen LogP contribution in [-0.4, -0.2) is 16.5 Å². The topological polar surface area (TPSA) is 54.7 Å². The van der Waals surface area contributed by atoms with E-state index in [1.54, 1.807) is 0 Å². The predicted octanol–water partition coefficient (Wildman–Crippen LogP) is 1.89. The Morgan fingerprint density at radius 3 is 2.67 bits per heavy atom. The molecule has 0 radical (unpaired) electrons. The molecule has 0 saturated carbocycles. The van der Waals surface area contributed by atoms with Crippen molar-refractivity contribution in [1.82, 2.24) is 9.97 Å². The molecule has 3 N–H and O–H groups in total. The Hall–Kier alpha value is -1.61. The zero-order chi connectivity index (χ0) is 10.7. The second-order valence-corrected chi connectivity index (χ2v) is 3.55. The summed E-state index contributed by atoms with van der Waals surface area (Å²) in [6, 6.07) is 10.2. The highest BCUT2D eigenvalue weighted by Gasteiger charge is 2.08. The molecule has 3 nitrogen and oxygen atoms in total. The Balaban J connectivity index is 2.43. The van der Waals surface area contributed by atoms with Gasteiger partial charge in [0.05, 0.1) is 5.69 Å². The van der Waals surface area contributed by atoms with E-state index in [1.807, 2.05) is 25.1 Å². The van der Waals surface area contributed by atoms with Crippen LogP contribution in [0.5, 0.6) is 0 Å². The van der Waals surface area contributed by atoms with Crippen molar-refractivity contribution in [1.29, 1.82) is 0 Å². The van der Waals surface area contributed by atoms with Crippen molar-refractivity contribution in [2.75, 3.05) is 6.54 Å². The molecule has 3 heteroatoms. The summed E-state index contributed by atoms with van der Waals surface area (Å²) >= 11 is 0.